The molecule has 1 aromatic carbocycles. The smallest absolute Gasteiger partial charge is 0.289 e. The van der Waals surface area contributed by atoms with Crippen LogP contribution in [0.2, 0.25) is 0 Å². The molecule has 1 aromatic heterocycles. The zero-order chi connectivity index (χ0) is 20.1. The van der Waals surface area contributed by atoms with Crippen LogP contribution in [-0.2, 0) is 4.79 Å². The second-order valence-corrected chi connectivity index (χ2v) is 7.58. The minimum absolute atomic E-state index is 0.00602. The highest BCUT2D eigenvalue weighted by molar-refractivity contribution is 5.91. The molecule has 0 spiro atoms. The Morgan fingerprint density at radius 2 is 2.00 bits per heavy atom. The van der Waals surface area contributed by atoms with Crippen molar-refractivity contribution >= 4 is 11.8 Å². The number of benzene rings is 1. The van der Waals surface area contributed by atoms with Crippen molar-refractivity contribution in [3.05, 3.63) is 53.5 Å². The molecule has 3 rings (SSSR count). The largest absolute Gasteiger partial charge is 0.483 e. The van der Waals surface area contributed by atoms with Gasteiger partial charge in [0.05, 0.1) is 6.26 Å². The lowest BCUT2D eigenvalue weighted by molar-refractivity contribution is -0.124. The molecule has 2 heterocycles. The highest BCUT2D eigenvalue weighted by Gasteiger charge is 2.25. The van der Waals surface area contributed by atoms with Crippen LogP contribution in [-0.4, -0.2) is 42.5 Å². The zero-order valence-corrected chi connectivity index (χ0v) is 16.7. The van der Waals surface area contributed by atoms with E-state index in [9.17, 15) is 9.59 Å². The Morgan fingerprint density at radius 3 is 2.64 bits per heavy atom. The number of nitrogens with zero attached hydrogens (tertiary/aromatic N) is 1. The van der Waals surface area contributed by atoms with Crippen molar-refractivity contribution in [2.75, 3.05) is 19.7 Å². The molecular formula is C22H28N2O4. The molecular weight excluding hydrogens is 356 g/mol. The average Bonchev–Trinajstić information content (AvgIpc) is 3.22. The number of ether oxygens (including phenoxy) is 1. The van der Waals surface area contributed by atoms with Crippen LogP contribution < -0.4 is 10.1 Å². The summed E-state index contributed by atoms with van der Waals surface area (Å²) in [4.78, 5) is 26.3. The lowest BCUT2D eigenvalue weighted by atomic mass is 10.0. The van der Waals surface area contributed by atoms with E-state index >= 15 is 0 Å². The minimum atomic E-state index is -0.134. The van der Waals surface area contributed by atoms with E-state index in [1.807, 2.05) is 19.1 Å². The summed E-state index contributed by atoms with van der Waals surface area (Å²) in [5.41, 5.74) is 2.21. The first kappa shape index (κ1) is 20.0. The Balaban J connectivity index is 1.45. The van der Waals surface area contributed by atoms with Gasteiger partial charge in [-0.3, -0.25) is 9.59 Å². The number of hydrogen-bond acceptors (Lipinski definition) is 4. The van der Waals surface area contributed by atoms with Crippen LogP contribution in [0.4, 0.5) is 0 Å². The standard InChI is InChI=1S/C22H28N2O4/c1-15(2)17-7-6-16(3)20(13-17)28-14-21(25)23-18-8-10-24(11-9-18)22(26)19-5-4-12-27-19/h4-7,12-13,15,18H,8-11,14H2,1-3H3,(H,23,25). The van der Waals surface area contributed by atoms with Crippen LogP contribution in [0.5, 0.6) is 5.75 Å². The number of carbonyl (C=O) groups excluding carboxylic acids is 2. The topological polar surface area (TPSA) is 71.8 Å². The quantitative estimate of drug-likeness (QED) is 0.827. The Labute approximate surface area is 165 Å². The molecule has 0 aliphatic carbocycles. The van der Waals surface area contributed by atoms with Crippen LogP contribution >= 0.6 is 0 Å². The van der Waals surface area contributed by atoms with Gasteiger partial charge in [-0.1, -0.05) is 26.0 Å². The van der Waals surface area contributed by atoms with Crippen molar-refractivity contribution in [2.24, 2.45) is 0 Å². The highest BCUT2D eigenvalue weighted by atomic mass is 16.5. The molecule has 1 N–H and O–H groups in total. The van der Waals surface area contributed by atoms with Gasteiger partial charge in [0.1, 0.15) is 5.75 Å². The summed E-state index contributed by atoms with van der Waals surface area (Å²) in [6.07, 6.45) is 2.94. The number of piperidine rings is 1. The predicted octanol–water partition coefficient (Wildman–Crippen LogP) is 3.51. The van der Waals surface area contributed by atoms with Crippen molar-refractivity contribution in [2.45, 2.75) is 45.6 Å². The predicted molar refractivity (Wildman–Crippen MR) is 107 cm³/mol. The summed E-state index contributed by atoms with van der Waals surface area (Å²) in [6.45, 7) is 7.42. The summed E-state index contributed by atoms with van der Waals surface area (Å²) in [5.74, 6) is 1.28. The van der Waals surface area contributed by atoms with E-state index < -0.39 is 0 Å². The molecule has 28 heavy (non-hydrogen) atoms. The number of carbonyl (C=O) groups is 2. The Bertz CT molecular complexity index is 806. The van der Waals surface area contributed by atoms with Crippen LogP contribution in [0.15, 0.2) is 41.0 Å². The number of amides is 2. The minimum Gasteiger partial charge on any atom is -0.483 e. The molecule has 0 unspecified atom stereocenters. The van der Waals surface area contributed by atoms with Crippen molar-refractivity contribution in [1.82, 2.24) is 10.2 Å². The summed E-state index contributed by atoms with van der Waals surface area (Å²) < 4.78 is 10.9. The number of furan rings is 1. The summed E-state index contributed by atoms with van der Waals surface area (Å²) >= 11 is 0. The zero-order valence-electron chi connectivity index (χ0n) is 16.7. The molecule has 0 atom stereocenters. The van der Waals surface area contributed by atoms with Crippen molar-refractivity contribution in [1.29, 1.82) is 0 Å². The van der Waals surface area contributed by atoms with Crippen molar-refractivity contribution < 1.29 is 18.7 Å². The average molecular weight is 384 g/mol. The third-order valence-corrected chi connectivity index (χ3v) is 5.12. The Morgan fingerprint density at radius 1 is 1.25 bits per heavy atom. The first-order chi connectivity index (χ1) is 13.4. The van der Waals surface area contributed by atoms with Crippen LogP contribution in [0.25, 0.3) is 0 Å². The van der Waals surface area contributed by atoms with E-state index in [1.54, 1.807) is 17.0 Å². The molecule has 0 saturated carbocycles. The summed E-state index contributed by atoms with van der Waals surface area (Å²) in [7, 11) is 0. The van der Waals surface area contributed by atoms with Gasteiger partial charge in [-0.05, 0) is 55.0 Å². The molecule has 150 valence electrons. The molecule has 2 aromatic rings. The van der Waals surface area contributed by atoms with Gasteiger partial charge >= 0.3 is 0 Å². The van der Waals surface area contributed by atoms with Gasteiger partial charge in [0.2, 0.25) is 0 Å². The molecule has 1 fully saturated rings. The molecule has 1 aliphatic rings. The number of rotatable bonds is 6. The maximum atomic E-state index is 12.3. The number of aryl methyl sites for hydroxylation is 1. The van der Waals surface area contributed by atoms with Crippen LogP contribution in [0.3, 0.4) is 0 Å². The van der Waals surface area contributed by atoms with Gasteiger partial charge in [-0.15, -0.1) is 0 Å². The van der Waals surface area contributed by atoms with Crippen molar-refractivity contribution in [3.63, 3.8) is 0 Å². The van der Waals surface area contributed by atoms with E-state index in [0.29, 0.717) is 24.8 Å². The fraction of sp³-hybridized carbons (Fsp3) is 0.455. The van der Waals surface area contributed by atoms with Gasteiger partial charge in [0.25, 0.3) is 11.8 Å². The van der Waals surface area contributed by atoms with Crippen LogP contribution in [0.1, 0.15) is 54.3 Å². The van der Waals surface area contributed by atoms with Gasteiger partial charge < -0.3 is 19.4 Å². The molecule has 0 radical (unpaired) electrons. The van der Waals surface area contributed by atoms with E-state index in [0.717, 1.165) is 24.2 Å². The monoisotopic (exact) mass is 384 g/mol. The summed E-state index contributed by atoms with van der Waals surface area (Å²) in [6, 6.07) is 9.55. The van der Waals surface area contributed by atoms with Crippen molar-refractivity contribution in [3.8, 4) is 5.75 Å². The van der Waals surface area contributed by atoms with E-state index in [1.165, 1.54) is 11.8 Å². The van der Waals surface area contributed by atoms with Gasteiger partial charge in [0, 0.05) is 19.1 Å². The van der Waals surface area contributed by atoms with E-state index in [-0.39, 0.29) is 24.5 Å². The third-order valence-electron chi connectivity index (χ3n) is 5.12. The molecule has 6 nitrogen and oxygen atoms in total. The lowest BCUT2D eigenvalue weighted by Crippen LogP contribution is -2.47. The molecule has 6 heteroatoms. The first-order valence-corrected chi connectivity index (χ1v) is 9.79. The number of hydrogen-bond donors (Lipinski definition) is 1. The Hall–Kier alpha value is -2.76. The summed E-state index contributed by atoms with van der Waals surface area (Å²) in [5, 5.41) is 3.01. The second-order valence-electron chi connectivity index (χ2n) is 7.58. The van der Waals surface area contributed by atoms with Crippen LogP contribution in [0, 0.1) is 6.92 Å². The fourth-order valence-electron chi connectivity index (χ4n) is 3.33. The third kappa shape index (κ3) is 4.94. The number of nitrogens with one attached hydrogen (secondary N) is 1. The number of likely N-dealkylation sites (tertiary alicyclic amines) is 1. The maximum absolute atomic E-state index is 12.3. The van der Waals surface area contributed by atoms with Gasteiger partial charge in [-0.25, -0.2) is 0 Å². The second kappa shape index (κ2) is 8.95. The molecule has 1 aliphatic heterocycles. The van der Waals surface area contributed by atoms with E-state index in [2.05, 4.69) is 25.2 Å². The Kier molecular flexibility index (Phi) is 6.39. The maximum Gasteiger partial charge on any atom is 0.289 e. The molecule has 0 bridgehead atoms. The fourth-order valence-corrected chi connectivity index (χ4v) is 3.33. The lowest BCUT2D eigenvalue weighted by Gasteiger charge is -2.31. The van der Waals surface area contributed by atoms with E-state index in [4.69, 9.17) is 9.15 Å². The molecule has 2 amide bonds. The SMILES string of the molecule is Cc1ccc(C(C)C)cc1OCC(=O)NC1CCN(C(=O)c2ccco2)CC1. The first-order valence-electron chi connectivity index (χ1n) is 9.79. The van der Waals surface area contributed by atoms with Gasteiger partial charge in [0.15, 0.2) is 12.4 Å². The molecule has 1 saturated heterocycles. The highest BCUT2D eigenvalue weighted by Crippen LogP contribution is 2.24. The normalized spacial score (nSPS) is 14.9. The van der Waals surface area contributed by atoms with Gasteiger partial charge in [-0.2, -0.15) is 0 Å².